The van der Waals surface area contributed by atoms with Crippen molar-refractivity contribution >= 4 is 29.1 Å². The first-order valence-corrected chi connectivity index (χ1v) is 10.4. The average Bonchev–Trinajstić information content (AvgIpc) is 3.10. The van der Waals surface area contributed by atoms with E-state index < -0.39 is 5.25 Å². The minimum Gasteiger partial charge on any atom is -0.482 e. The van der Waals surface area contributed by atoms with E-state index in [0.717, 1.165) is 5.56 Å². The number of fused-ring (bicyclic) bond motifs is 1. The van der Waals surface area contributed by atoms with Crippen LogP contribution in [0.25, 0.3) is 0 Å². The first kappa shape index (κ1) is 20.0. The van der Waals surface area contributed by atoms with Gasteiger partial charge in [-0.3, -0.25) is 14.2 Å². The Morgan fingerprint density at radius 3 is 2.83 bits per heavy atom. The van der Waals surface area contributed by atoms with Gasteiger partial charge in [0.25, 0.3) is 5.91 Å². The van der Waals surface area contributed by atoms with Crippen molar-refractivity contribution in [3.63, 3.8) is 0 Å². The highest BCUT2D eigenvalue weighted by Crippen LogP contribution is 2.30. The number of ether oxygens (including phenoxy) is 1. The summed E-state index contributed by atoms with van der Waals surface area (Å²) < 4.78 is 6.87. The summed E-state index contributed by atoms with van der Waals surface area (Å²) in [6.45, 7) is 2.19. The lowest BCUT2D eigenvalue weighted by Crippen LogP contribution is -2.26. The standard InChI is InChI=1S/C21H20N4O4S/c1-13(19(27)15-7-8-17-16(11-15)22-18(26)12-29-17)30-21-24-23-20(28)25(21)10-9-14-5-3-2-4-6-14/h2-8,11,13H,9-10,12H2,1H3,(H,22,26)(H,23,28). The summed E-state index contributed by atoms with van der Waals surface area (Å²) in [5.74, 6) is 0.148. The van der Waals surface area contributed by atoms with Crippen molar-refractivity contribution in [3.8, 4) is 5.75 Å². The van der Waals surface area contributed by atoms with Gasteiger partial charge in [0.1, 0.15) is 5.75 Å². The van der Waals surface area contributed by atoms with E-state index in [0.29, 0.717) is 35.1 Å². The van der Waals surface area contributed by atoms with Crippen LogP contribution in [0.1, 0.15) is 22.8 Å². The molecular weight excluding hydrogens is 404 g/mol. The van der Waals surface area contributed by atoms with Gasteiger partial charge in [0.05, 0.1) is 10.9 Å². The SMILES string of the molecule is CC(Sc1n[nH]c(=O)n1CCc1ccccc1)C(=O)c1ccc2c(c1)NC(=O)CO2. The number of carbonyl (C=O) groups excluding carboxylic acids is 2. The molecule has 0 spiro atoms. The third-order valence-corrected chi connectivity index (χ3v) is 5.83. The maximum absolute atomic E-state index is 12.9. The van der Waals surface area contributed by atoms with Crippen LogP contribution in [0, 0.1) is 0 Å². The summed E-state index contributed by atoms with van der Waals surface area (Å²) in [5, 5.41) is 9.24. The number of anilines is 1. The summed E-state index contributed by atoms with van der Waals surface area (Å²) in [5.41, 5.74) is 1.74. The number of nitrogens with one attached hydrogen (secondary N) is 2. The molecule has 0 saturated heterocycles. The van der Waals surface area contributed by atoms with E-state index in [1.807, 2.05) is 30.3 Å². The number of thioether (sulfide) groups is 1. The number of nitrogens with zero attached hydrogens (tertiary/aromatic N) is 2. The van der Waals surface area contributed by atoms with E-state index in [-0.39, 0.29) is 24.0 Å². The number of aromatic nitrogens is 3. The van der Waals surface area contributed by atoms with Crippen LogP contribution >= 0.6 is 11.8 Å². The lowest BCUT2D eigenvalue weighted by Gasteiger charge is -2.19. The highest BCUT2D eigenvalue weighted by Gasteiger charge is 2.23. The van der Waals surface area contributed by atoms with Gasteiger partial charge >= 0.3 is 5.69 Å². The zero-order valence-corrected chi connectivity index (χ0v) is 17.1. The second kappa shape index (κ2) is 8.58. The van der Waals surface area contributed by atoms with E-state index in [1.165, 1.54) is 11.8 Å². The lowest BCUT2D eigenvalue weighted by molar-refractivity contribution is -0.118. The number of aryl methyl sites for hydroxylation is 1. The van der Waals surface area contributed by atoms with Crippen molar-refractivity contribution in [2.75, 3.05) is 11.9 Å². The number of Topliss-reactive ketones (excluding diaryl/α,β-unsaturated/α-hetero) is 1. The van der Waals surface area contributed by atoms with Crippen molar-refractivity contribution in [1.29, 1.82) is 0 Å². The van der Waals surface area contributed by atoms with Crippen LogP contribution in [0.2, 0.25) is 0 Å². The molecule has 3 aromatic rings. The van der Waals surface area contributed by atoms with Gasteiger partial charge in [-0.25, -0.2) is 9.89 Å². The molecule has 1 amide bonds. The summed E-state index contributed by atoms with van der Waals surface area (Å²) in [4.78, 5) is 36.6. The zero-order valence-electron chi connectivity index (χ0n) is 16.3. The summed E-state index contributed by atoms with van der Waals surface area (Å²) in [7, 11) is 0. The van der Waals surface area contributed by atoms with Crippen LogP contribution in [-0.2, 0) is 17.8 Å². The Kier molecular flexibility index (Phi) is 5.71. The van der Waals surface area contributed by atoms with Crippen molar-refractivity contribution in [2.45, 2.75) is 30.3 Å². The first-order chi connectivity index (χ1) is 14.5. The van der Waals surface area contributed by atoms with E-state index >= 15 is 0 Å². The Hall–Kier alpha value is -3.33. The van der Waals surface area contributed by atoms with Crippen LogP contribution in [0.15, 0.2) is 58.5 Å². The number of hydrogen-bond donors (Lipinski definition) is 2. The van der Waals surface area contributed by atoms with Crippen molar-refractivity contribution in [1.82, 2.24) is 14.8 Å². The molecular formula is C21H20N4O4S. The summed E-state index contributed by atoms with van der Waals surface area (Å²) in [6, 6.07) is 14.8. The molecule has 30 heavy (non-hydrogen) atoms. The molecule has 1 unspecified atom stereocenters. The van der Waals surface area contributed by atoms with Crippen molar-refractivity contribution in [2.24, 2.45) is 0 Å². The molecule has 1 atom stereocenters. The molecule has 0 fully saturated rings. The fourth-order valence-electron chi connectivity index (χ4n) is 3.16. The minimum atomic E-state index is -0.478. The third-order valence-electron chi connectivity index (χ3n) is 4.74. The molecule has 154 valence electrons. The molecule has 1 aliphatic heterocycles. The van der Waals surface area contributed by atoms with Crippen LogP contribution in [0.4, 0.5) is 5.69 Å². The van der Waals surface area contributed by atoms with Crippen molar-refractivity contribution in [3.05, 3.63) is 70.1 Å². The van der Waals surface area contributed by atoms with E-state index in [2.05, 4.69) is 15.5 Å². The molecule has 9 heteroatoms. The molecule has 2 N–H and O–H groups in total. The Morgan fingerprint density at radius 2 is 2.03 bits per heavy atom. The molecule has 0 aliphatic carbocycles. The Morgan fingerprint density at radius 1 is 1.23 bits per heavy atom. The number of amides is 1. The number of hydrogen-bond acceptors (Lipinski definition) is 6. The van der Waals surface area contributed by atoms with Crippen LogP contribution in [0.5, 0.6) is 5.75 Å². The second-order valence-electron chi connectivity index (χ2n) is 6.87. The van der Waals surface area contributed by atoms with Gasteiger partial charge in [0, 0.05) is 12.1 Å². The highest BCUT2D eigenvalue weighted by molar-refractivity contribution is 8.00. The van der Waals surface area contributed by atoms with Gasteiger partial charge in [-0.15, -0.1) is 5.10 Å². The summed E-state index contributed by atoms with van der Waals surface area (Å²) in [6.07, 6.45) is 0.681. The van der Waals surface area contributed by atoms with Crippen LogP contribution < -0.4 is 15.7 Å². The number of H-pyrrole nitrogens is 1. The quantitative estimate of drug-likeness (QED) is 0.446. The van der Waals surface area contributed by atoms with Gasteiger partial charge < -0.3 is 10.1 Å². The van der Waals surface area contributed by atoms with Gasteiger partial charge in [0.15, 0.2) is 17.5 Å². The van der Waals surface area contributed by atoms with Gasteiger partial charge in [0.2, 0.25) is 0 Å². The number of rotatable bonds is 7. The predicted octanol–water partition coefficient (Wildman–Crippen LogP) is 2.51. The number of aromatic amines is 1. The second-order valence-corrected chi connectivity index (χ2v) is 8.18. The fraction of sp³-hybridized carbons (Fsp3) is 0.238. The third kappa shape index (κ3) is 4.30. The maximum atomic E-state index is 12.9. The normalized spacial score (nSPS) is 13.8. The molecule has 2 aromatic carbocycles. The predicted molar refractivity (Wildman–Crippen MR) is 113 cm³/mol. The van der Waals surface area contributed by atoms with Gasteiger partial charge in [-0.1, -0.05) is 42.1 Å². The molecule has 2 heterocycles. The number of carbonyl (C=O) groups is 2. The topological polar surface area (TPSA) is 106 Å². The highest BCUT2D eigenvalue weighted by atomic mass is 32.2. The lowest BCUT2D eigenvalue weighted by atomic mass is 10.1. The maximum Gasteiger partial charge on any atom is 0.343 e. The fourth-order valence-corrected chi connectivity index (χ4v) is 4.12. The molecule has 0 bridgehead atoms. The minimum absolute atomic E-state index is 0.0355. The van der Waals surface area contributed by atoms with E-state index in [9.17, 15) is 14.4 Å². The van der Waals surface area contributed by atoms with Crippen LogP contribution in [-0.4, -0.2) is 38.3 Å². The molecule has 1 aromatic heterocycles. The first-order valence-electron chi connectivity index (χ1n) is 9.48. The molecule has 0 saturated carbocycles. The summed E-state index contributed by atoms with van der Waals surface area (Å²) >= 11 is 1.22. The number of benzene rings is 2. The molecule has 0 radical (unpaired) electrons. The monoisotopic (exact) mass is 424 g/mol. The molecule has 4 rings (SSSR count). The Bertz CT molecular complexity index is 1140. The number of ketones is 1. The Labute approximate surface area is 176 Å². The molecule has 1 aliphatic rings. The van der Waals surface area contributed by atoms with E-state index in [4.69, 9.17) is 4.74 Å². The Balaban J connectivity index is 1.47. The average molecular weight is 424 g/mol. The largest absolute Gasteiger partial charge is 0.482 e. The van der Waals surface area contributed by atoms with Gasteiger partial charge in [-0.05, 0) is 37.1 Å². The van der Waals surface area contributed by atoms with Crippen molar-refractivity contribution < 1.29 is 14.3 Å². The smallest absolute Gasteiger partial charge is 0.343 e. The van der Waals surface area contributed by atoms with Gasteiger partial charge in [-0.2, -0.15) is 0 Å². The van der Waals surface area contributed by atoms with E-state index in [1.54, 1.807) is 29.7 Å². The zero-order chi connectivity index (χ0) is 21.1. The molecule has 8 nitrogen and oxygen atoms in total. The van der Waals surface area contributed by atoms with Crippen LogP contribution in [0.3, 0.4) is 0 Å².